The predicted molar refractivity (Wildman–Crippen MR) is 205 cm³/mol. The Morgan fingerprint density at radius 1 is 0.580 bits per heavy atom. The molecule has 2 aliphatic rings. The van der Waals surface area contributed by atoms with Gasteiger partial charge in [0, 0.05) is 56.5 Å². The minimum absolute atomic E-state index is 0.218. The largest absolute Gasteiger partial charge is 0.355 e. The van der Waals surface area contributed by atoms with Crippen LogP contribution >= 0.6 is 0 Å². The third-order valence-electron chi connectivity index (χ3n) is 9.91. The van der Waals surface area contributed by atoms with E-state index in [1.165, 1.54) is 32.7 Å². The van der Waals surface area contributed by atoms with Crippen LogP contribution in [0.2, 0.25) is 0 Å². The SMILES string of the molecule is C1=NC(n2c3ccccc3c3cc(-c4ccc5[nH]c6ccccc6c5c4)ccc32)NCC1=C1NC(c2ccccc2)=NC(c2ccccc2)N1. The number of rotatable bonds is 4. The number of aromatic nitrogens is 2. The molecule has 0 saturated heterocycles. The number of aromatic amines is 1. The second-order valence-electron chi connectivity index (χ2n) is 12.9. The van der Waals surface area contributed by atoms with Crippen molar-refractivity contribution in [1.82, 2.24) is 25.5 Å². The van der Waals surface area contributed by atoms with Crippen molar-refractivity contribution in [2.24, 2.45) is 9.98 Å². The number of amidine groups is 1. The first-order chi connectivity index (χ1) is 24.8. The van der Waals surface area contributed by atoms with E-state index in [9.17, 15) is 0 Å². The molecule has 2 aromatic heterocycles. The fraction of sp³-hybridized carbons (Fsp3) is 0.0698. The molecular formula is C43H33N7. The number of para-hydroxylation sites is 2. The van der Waals surface area contributed by atoms with Crippen LogP contribution in [0.15, 0.2) is 167 Å². The normalized spacial score (nSPS) is 19.2. The van der Waals surface area contributed by atoms with Crippen molar-refractivity contribution < 1.29 is 0 Å². The maximum Gasteiger partial charge on any atom is 0.180 e. The minimum Gasteiger partial charge on any atom is -0.355 e. The number of hydrogen-bond acceptors (Lipinski definition) is 5. The molecule has 10 rings (SSSR count). The smallest absolute Gasteiger partial charge is 0.180 e. The number of fused-ring (bicyclic) bond motifs is 6. The van der Waals surface area contributed by atoms with Crippen molar-refractivity contribution in [2.75, 3.05) is 6.54 Å². The lowest BCUT2D eigenvalue weighted by Gasteiger charge is -2.30. The fourth-order valence-electron chi connectivity index (χ4n) is 7.44. The standard InChI is InChI=1S/C43H33N7/c1-3-11-27(12-4-1)40-47-41(28-13-5-2-6-14-28)49-42(48-40)31-25-44-43(45-26-31)50-38-18-10-8-16-33(38)35-24-30(20-22-39(35)50)29-19-21-37-34(23-29)32-15-7-9-17-36(32)46-37/h1-25,40,43,45-46,48H,26H2,(H,47,49). The number of hydrogen-bond donors (Lipinski definition) is 4. The molecule has 0 bridgehead atoms. The summed E-state index contributed by atoms with van der Waals surface area (Å²) in [5.41, 5.74) is 10.2. The lowest BCUT2D eigenvalue weighted by Crippen LogP contribution is -2.43. The van der Waals surface area contributed by atoms with E-state index in [1.54, 1.807) is 0 Å². The van der Waals surface area contributed by atoms with Crippen LogP contribution in [0.4, 0.5) is 0 Å². The van der Waals surface area contributed by atoms with Crippen LogP contribution in [0.3, 0.4) is 0 Å². The van der Waals surface area contributed by atoms with Crippen LogP contribution in [0.1, 0.15) is 23.6 Å². The lowest BCUT2D eigenvalue weighted by molar-refractivity contribution is 0.449. The van der Waals surface area contributed by atoms with Gasteiger partial charge in [0.05, 0.1) is 11.0 Å². The summed E-state index contributed by atoms with van der Waals surface area (Å²) in [5.74, 6) is 1.74. The number of H-pyrrole nitrogens is 1. The van der Waals surface area contributed by atoms with Crippen LogP contribution in [0.25, 0.3) is 54.7 Å². The monoisotopic (exact) mass is 647 g/mol. The maximum atomic E-state index is 5.11. The zero-order chi connectivity index (χ0) is 33.0. The van der Waals surface area contributed by atoms with E-state index in [2.05, 4.69) is 147 Å². The molecule has 0 aliphatic carbocycles. The van der Waals surface area contributed by atoms with Gasteiger partial charge in [-0.1, -0.05) is 109 Å². The molecule has 6 aromatic carbocycles. The molecule has 50 heavy (non-hydrogen) atoms. The summed E-state index contributed by atoms with van der Waals surface area (Å²) >= 11 is 0. The van der Waals surface area contributed by atoms with Gasteiger partial charge in [-0.25, -0.2) is 4.99 Å². The average Bonchev–Trinajstić information content (AvgIpc) is 3.73. The van der Waals surface area contributed by atoms with Gasteiger partial charge in [-0.15, -0.1) is 0 Å². The van der Waals surface area contributed by atoms with E-state index < -0.39 is 0 Å². The summed E-state index contributed by atoms with van der Waals surface area (Å²) in [7, 11) is 0. The van der Waals surface area contributed by atoms with Gasteiger partial charge in [-0.3, -0.25) is 10.3 Å². The first-order valence-electron chi connectivity index (χ1n) is 17.0. The molecule has 8 aromatic rings. The Hall–Kier alpha value is -6.44. The Balaban J connectivity index is 1.02. The Morgan fingerprint density at radius 3 is 2.08 bits per heavy atom. The van der Waals surface area contributed by atoms with Crippen molar-refractivity contribution in [2.45, 2.75) is 12.5 Å². The van der Waals surface area contributed by atoms with Crippen LogP contribution in [-0.2, 0) is 0 Å². The summed E-state index contributed by atoms with van der Waals surface area (Å²) in [5, 5.41) is 15.8. The third kappa shape index (κ3) is 4.78. The zero-order valence-electron chi connectivity index (χ0n) is 27.1. The molecule has 0 fully saturated rings. The van der Waals surface area contributed by atoms with E-state index in [0.717, 1.165) is 50.4 Å². The fourth-order valence-corrected chi connectivity index (χ4v) is 7.44. The van der Waals surface area contributed by atoms with Crippen molar-refractivity contribution in [3.8, 4) is 11.1 Å². The van der Waals surface area contributed by atoms with Gasteiger partial charge >= 0.3 is 0 Å². The molecule has 0 saturated carbocycles. The van der Waals surface area contributed by atoms with Crippen LogP contribution in [-0.4, -0.2) is 28.1 Å². The molecule has 0 spiro atoms. The molecule has 0 amide bonds. The number of aliphatic imine (C=N–C) groups is 2. The summed E-state index contributed by atoms with van der Waals surface area (Å²) < 4.78 is 2.32. The summed E-state index contributed by atoms with van der Waals surface area (Å²) in [6.45, 7) is 0.629. The topological polar surface area (TPSA) is 81.5 Å². The quantitative estimate of drug-likeness (QED) is 0.154. The molecule has 4 heterocycles. The highest BCUT2D eigenvalue weighted by Crippen LogP contribution is 2.37. The summed E-state index contributed by atoms with van der Waals surface area (Å²) in [4.78, 5) is 13.7. The van der Waals surface area contributed by atoms with Crippen LogP contribution < -0.4 is 16.0 Å². The highest BCUT2D eigenvalue weighted by Gasteiger charge is 2.25. The van der Waals surface area contributed by atoms with Gasteiger partial charge in [-0.2, -0.15) is 0 Å². The Morgan fingerprint density at radius 2 is 1.26 bits per heavy atom. The third-order valence-corrected chi connectivity index (χ3v) is 9.91. The van der Waals surface area contributed by atoms with E-state index in [4.69, 9.17) is 9.98 Å². The minimum atomic E-state index is -0.258. The van der Waals surface area contributed by atoms with Crippen molar-refractivity contribution in [3.63, 3.8) is 0 Å². The van der Waals surface area contributed by atoms with Gasteiger partial charge in [0.15, 0.2) is 6.29 Å². The van der Waals surface area contributed by atoms with Gasteiger partial charge in [-0.05, 0) is 53.1 Å². The van der Waals surface area contributed by atoms with Crippen molar-refractivity contribution in [3.05, 3.63) is 168 Å². The highest BCUT2D eigenvalue weighted by molar-refractivity contribution is 6.11. The molecule has 240 valence electrons. The molecule has 2 aliphatic heterocycles. The Bertz CT molecular complexity index is 2660. The molecule has 4 N–H and O–H groups in total. The van der Waals surface area contributed by atoms with E-state index >= 15 is 0 Å². The highest BCUT2D eigenvalue weighted by atomic mass is 15.3. The average molecular weight is 648 g/mol. The molecule has 0 radical (unpaired) electrons. The lowest BCUT2D eigenvalue weighted by atomic mass is 10.0. The van der Waals surface area contributed by atoms with Crippen LogP contribution in [0.5, 0.6) is 0 Å². The molecular weight excluding hydrogens is 615 g/mol. The zero-order valence-corrected chi connectivity index (χ0v) is 27.1. The van der Waals surface area contributed by atoms with Gasteiger partial charge < -0.3 is 20.2 Å². The molecule has 2 unspecified atom stereocenters. The second-order valence-corrected chi connectivity index (χ2v) is 12.9. The second kappa shape index (κ2) is 11.6. The summed E-state index contributed by atoms with van der Waals surface area (Å²) in [6, 6.07) is 51.2. The van der Waals surface area contributed by atoms with Crippen LogP contribution in [0, 0.1) is 0 Å². The number of benzene rings is 6. The molecule has 7 heteroatoms. The summed E-state index contributed by atoms with van der Waals surface area (Å²) in [6.07, 6.45) is 1.52. The van der Waals surface area contributed by atoms with E-state index in [0.29, 0.717) is 6.54 Å². The number of nitrogens with zero attached hydrogens (tertiary/aromatic N) is 3. The Kier molecular flexibility index (Phi) is 6.63. The van der Waals surface area contributed by atoms with Gasteiger partial charge in [0.2, 0.25) is 0 Å². The predicted octanol–water partition coefficient (Wildman–Crippen LogP) is 8.78. The molecule has 2 atom stereocenters. The number of nitrogens with one attached hydrogen (secondary N) is 4. The van der Waals surface area contributed by atoms with Crippen molar-refractivity contribution >= 4 is 55.7 Å². The first kappa shape index (κ1) is 28.6. The Labute approximate surface area is 288 Å². The maximum absolute atomic E-state index is 5.11. The van der Waals surface area contributed by atoms with E-state index in [-0.39, 0.29) is 12.5 Å². The first-order valence-corrected chi connectivity index (χ1v) is 17.0. The van der Waals surface area contributed by atoms with Gasteiger partial charge in [0.25, 0.3) is 0 Å². The molecule has 7 nitrogen and oxygen atoms in total. The van der Waals surface area contributed by atoms with Gasteiger partial charge in [0.1, 0.15) is 17.8 Å². The van der Waals surface area contributed by atoms with E-state index in [1.807, 2.05) is 30.5 Å². The van der Waals surface area contributed by atoms with Crippen molar-refractivity contribution in [1.29, 1.82) is 0 Å².